The van der Waals surface area contributed by atoms with Gasteiger partial charge in [0.05, 0.1) is 17.4 Å². The highest BCUT2D eigenvalue weighted by Gasteiger charge is 2.14. The van der Waals surface area contributed by atoms with Crippen molar-refractivity contribution >= 4 is 34.0 Å². The van der Waals surface area contributed by atoms with Crippen LogP contribution in [0.4, 0.5) is 5.69 Å². The normalized spacial score (nSPS) is 11.3. The van der Waals surface area contributed by atoms with Gasteiger partial charge in [0.25, 0.3) is 0 Å². The average Bonchev–Trinajstić information content (AvgIpc) is 2.46. The summed E-state index contributed by atoms with van der Waals surface area (Å²) in [6.07, 6.45) is 2.80. The molecule has 0 fully saturated rings. The van der Waals surface area contributed by atoms with E-state index in [1.807, 2.05) is 24.3 Å². The summed E-state index contributed by atoms with van der Waals surface area (Å²) in [5.74, 6) is -0.426. The van der Waals surface area contributed by atoms with Crippen LogP contribution in [0.2, 0.25) is 0 Å². The lowest BCUT2D eigenvalue weighted by Crippen LogP contribution is -1.91. The fourth-order valence-corrected chi connectivity index (χ4v) is 1.81. The van der Waals surface area contributed by atoms with Gasteiger partial charge in [-0.05, 0) is 23.8 Å². The first-order valence-corrected chi connectivity index (χ1v) is 6.65. The minimum Gasteiger partial charge on any atom is -0.502 e. The molecule has 0 spiro atoms. The van der Waals surface area contributed by atoms with Crippen LogP contribution < -0.4 is 0 Å². The van der Waals surface area contributed by atoms with Gasteiger partial charge in [-0.3, -0.25) is 10.1 Å². The third kappa shape index (κ3) is 3.96. The lowest BCUT2D eigenvalue weighted by Gasteiger charge is -1.98. The maximum absolute atomic E-state index is 10.7. The number of phenols is 1. The molecule has 0 bridgehead atoms. The van der Waals surface area contributed by atoms with Crippen LogP contribution in [0.3, 0.4) is 0 Å². The molecular formula is C14H10BrN3O3. The second-order valence-corrected chi connectivity index (χ2v) is 4.93. The summed E-state index contributed by atoms with van der Waals surface area (Å²) in [5, 5.41) is 28.0. The van der Waals surface area contributed by atoms with Gasteiger partial charge in [-0.25, -0.2) is 0 Å². The van der Waals surface area contributed by atoms with Gasteiger partial charge in [0.1, 0.15) is 0 Å². The van der Waals surface area contributed by atoms with Crippen LogP contribution in [0.1, 0.15) is 11.1 Å². The zero-order valence-corrected chi connectivity index (χ0v) is 12.3. The number of para-hydroxylation sites is 1. The van der Waals surface area contributed by atoms with Crippen molar-refractivity contribution in [1.82, 2.24) is 0 Å². The van der Waals surface area contributed by atoms with E-state index in [-0.39, 0.29) is 11.3 Å². The van der Waals surface area contributed by atoms with E-state index in [1.54, 1.807) is 0 Å². The molecule has 2 aromatic rings. The Morgan fingerprint density at radius 1 is 1.10 bits per heavy atom. The third-order valence-electron chi connectivity index (χ3n) is 2.58. The van der Waals surface area contributed by atoms with E-state index >= 15 is 0 Å². The fraction of sp³-hybridized carbons (Fsp3) is 0. The van der Waals surface area contributed by atoms with Crippen LogP contribution in [0.5, 0.6) is 5.75 Å². The van der Waals surface area contributed by atoms with Crippen LogP contribution >= 0.6 is 15.9 Å². The molecule has 0 unspecified atom stereocenters. The standard InChI is InChI=1S/C14H10BrN3O3/c15-12-6-4-10(5-7-12)8-16-17-9-11-2-1-3-13(14(11)19)18(20)21/h1-9,19H/b16-8+,17-9+. The number of nitro groups is 1. The Labute approximate surface area is 128 Å². The van der Waals surface area contributed by atoms with Gasteiger partial charge in [-0.1, -0.05) is 34.1 Å². The van der Waals surface area contributed by atoms with Crippen molar-refractivity contribution in [2.45, 2.75) is 0 Å². The number of halogens is 1. The average molecular weight is 348 g/mol. The van der Waals surface area contributed by atoms with E-state index in [9.17, 15) is 15.2 Å². The number of phenolic OH excluding ortho intramolecular Hbond substituents is 1. The predicted molar refractivity (Wildman–Crippen MR) is 84.1 cm³/mol. The Kier molecular flexibility index (Phi) is 4.78. The topological polar surface area (TPSA) is 88.1 Å². The van der Waals surface area contributed by atoms with Gasteiger partial charge >= 0.3 is 5.69 Å². The zero-order valence-electron chi connectivity index (χ0n) is 10.7. The molecular weight excluding hydrogens is 338 g/mol. The molecule has 0 aliphatic rings. The maximum Gasteiger partial charge on any atom is 0.311 e. The molecule has 21 heavy (non-hydrogen) atoms. The van der Waals surface area contributed by atoms with Gasteiger partial charge < -0.3 is 5.11 Å². The highest BCUT2D eigenvalue weighted by molar-refractivity contribution is 9.10. The molecule has 2 aromatic carbocycles. The number of hydrogen-bond acceptors (Lipinski definition) is 5. The lowest BCUT2D eigenvalue weighted by atomic mass is 10.2. The molecule has 0 radical (unpaired) electrons. The molecule has 0 saturated carbocycles. The maximum atomic E-state index is 10.7. The second-order valence-electron chi connectivity index (χ2n) is 4.01. The largest absolute Gasteiger partial charge is 0.502 e. The van der Waals surface area contributed by atoms with Crippen LogP contribution in [-0.2, 0) is 0 Å². The van der Waals surface area contributed by atoms with Gasteiger partial charge in [0.2, 0.25) is 5.75 Å². The molecule has 0 amide bonds. The number of hydrogen-bond donors (Lipinski definition) is 1. The smallest absolute Gasteiger partial charge is 0.311 e. The Bertz CT molecular complexity index is 712. The summed E-state index contributed by atoms with van der Waals surface area (Å²) in [4.78, 5) is 10.0. The molecule has 0 heterocycles. The quantitative estimate of drug-likeness (QED) is 0.521. The monoisotopic (exact) mass is 347 g/mol. The second kappa shape index (κ2) is 6.76. The summed E-state index contributed by atoms with van der Waals surface area (Å²) < 4.78 is 0.963. The minimum absolute atomic E-state index is 0.233. The Morgan fingerprint density at radius 2 is 1.76 bits per heavy atom. The van der Waals surface area contributed by atoms with Gasteiger partial charge in [0.15, 0.2) is 0 Å². The van der Waals surface area contributed by atoms with Crippen molar-refractivity contribution < 1.29 is 10.0 Å². The number of nitrogens with zero attached hydrogens (tertiary/aromatic N) is 3. The van der Waals surface area contributed by atoms with Crippen LogP contribution in [-0.4, -0.2) is 22.5 Å². The number of benzene rings is 2. The van der Waals surface area contributed by atoms with Gasteiger partial charge in [0, 0.05) is 16.1 Å². The van der Waals surface area contributed by atoms with Crippen molar-refractivity contribution in [2.75, 3.05) is 0 Å². The molecule has 2 rings (SSSR count). The number of rotatable bonds is 4. The molecule has 0 aromatic heterocycles. The molecule has 106 valence electrons. The first-order chi connectivity index (χ1) is 10.1. The van der Waals surface area contributed by atoms with Crippen molar-refractivity contribution in [1.29, 1.82) is 0 Å². The minimum atomic E-state index is -0.655. The van der Waals surface area contributed by atoms with E-state index in [2.05, 4.69) is 26.1 Å². The summed E-state index contributed by atoms with van der Waals surface area (Å²) in [5.41, 5.74) is 0.728. The van der Waals surface area contributed by atoms with E-state index in [0.717, 1.165) is 10.0 Å². The third-order valence-corrected chi connectivity index (χ3v) is 3.11. The van der Waals surface area contributed by atoms with E-state index in [1.165, 1.54) is 30.6 Å². The summed E-state index contributed by atoms with van der Waals surface area (Å²) in [6.45, 7) is 0. The van der Waals surface area contributed by atoms with E-state index in [4.69, 9.17) is 0 Å². The SMILES string of the molecule is O=[N+]([O-])c1cccc(/C=N/N=C/c2ccc(Br)cc2)c1O. The molecule has 0 saturated heterocycles. The highest BCUT2D eigenvalue weighted by Crippen LogP contribution is 2.27. The Hall–Kier alpha value is -2.54. The fourth-order valence-electron chi connectivity index (χ4n) is 1.54. The summed E-state index contributed by atoms with van der Waals surface area (Å²) >= 11 is 3.33. The molecule has 6 nitrogen and oxygen atoms in total. The highest BCUT2D eigenvalue weighted by atomic mass is 79.9. The molecule has 7 heteroatoms. The molecule has 0 aliphatic heterocycles. The predicted octanol–water partition coefficient (Wildman–Crippen LogP) is 3.52. The first-order valence-electron chi connectivity index (χ1n) is 5.86. The van der Waals surface area contributed by atoms with Crippen molar-refractivity contribution in [3.63, 3.8) is 0 Å². The summed E-state index contributed by atoms with van der Waals surface area (Å²) in [7, 11) is 0. The van der Waals surface area contributed by atoms with Crippen molar-refractivity contribution in [3.05, 3.63) is 68.2 Å². The van der Waals surface area contributed by atoms with E-state index < -0.39 is 10.7 Å². The first kappa shape index (κ1) is 14.9. The van der Waals surface area contributed by atoms with Crippen molar-refractivity contribution in [2.24, 2.45) is 10.2 Å². The molecule has 0 atom stereocenters. The number of nitro benzene ring substituents is 1. The summed E-state index contributed by atoms with van der Waals surface area (Å²) in [6, 6.07) is 11.7. The molecule has 1 N–H and O–H groups in total. The van der Waals surface area contributed by atoms with Gasteiger partial charge in [-0.2, -0.15) is 10.2 Å². The number of aromatic hydroxyl groups is 1. The van der Waals surface area contributed by atoms with Crippen LogP contribution in [0, 0.1) is 10.1 Å². The lowest BCUT2D eigenvalue weighted by molar-refractivity contribution is -0.385. The van der Waals surface area contributed by atoms with Gasteiger partial charge in [-0.15, -0.1) is 0 Å². The van der Waals surface area contributed by atoms with Crippen LogP contribution in [0.25, 0.3) is 0 Å². The van der Waals surface area contributed by atoms with Crippen LogP contribution in [0.15, 0.2) is 57.1 Å². The zero-order chi connectivity index (χ0) is 15.2. The Balaban J connectivity index is 2.13. The molecule has 0 aliphatic carbocycles. The Morgan fingerprint density at radius 3 is 2.43 bits per heavy atom. The van der Waals surface area contributed by atoms with Crippen molar-refractivity contribution in [3.8, 4) is 5.75 Å². The van der Waals surface area contributed by atoms with E-state index in [0.29, 0.717) is 0 Å².